The molecule has 92 valence electrons. The molecular weight excluding hydrogens is 223 g/mol. The lowest BCUT2D eigenvalue weighted by molar-refractivity contribution is 0.133. The average Bonchev–Trinajstić information content (AvgIpc) is 2.59. The first-order valence-corrected chi connectivity index (χ1v) is 5.53. The minimum atomic E-state index is -0.364. The minimum absolute atomic E-state index is 0.0578. The zero-order chi connectivity index (χ0) is 12.4. The Kier molecular flexibility index (Phi) is 3.28. The molecule has 2 atom stereocenters. The third kappa shape index (κ3) is 2.39. The van der Waals surface area contributed by atoms with E-state index in [0.29, 0.717) is 13.1 Å². The van der Waals surface area contributed by atoms with Crippen LogP contribution in [0.4, 0.5) is 9.18 Å². The Hall–Kier alpha value is -1.62. The van der Waals surface area contributed by atoms with Crippen LogP contribution in [0.5, 0.6) is 0 Å². The zero-order valence-corrected chi connectivity index (χ0v) is 9.60. The number of amides is 1. The smallest absolute Gasteiger partial charge is 0.410 e. The first-order valence-electron chi connectivity index (χ1n) is 5.53. The van der Waals surface area contributed by atoms with Crippen molar-refractivity contribution in [1.82, 2.24) is 4.90 Å². The van der Waals surface area contributed by atoms with Crippen molar-refractivity contribution >= 4 is 6.09 Å². The van der Waals surface area contributed by atoms with Crippen LogP contribution in [-0.2, 0) is 11.3 Å². The lowest BCUT2D eigenvalue weighted by Crippen LogP contribution is -2.36. The molecule has 1 aromatic carbocycles. The van der Waals surface area contributed by atoms with Crippen LogP contribution in [0, 0.1) is 5.82 Å². The standard InChI is InChI=1S/C12H15FN2O2/c1-8-11(6-14)17-12(16)15(8)7-9-2-4-10(13)5-3-9/h2-5,8,11H,6-7,14H2,1H3. The van der Waals surface area contributed by atoms with Gasteiger partial charge in [0.25, 0.3) is 0 Å². The second-order valence-corrected chi connectivity index (χ2v) is 4.15. The molecule has 17 heavy (non-hydrogen) atoms. The molecule has 0 radical (unpaired) electrons. The number of hydrogen-bond acceptors (Lipinski definition) is 3. The van der Waals surface area contributed by atoms with Crippen LogP contribution in [0.2, 0.25) is 0 Å². The Bertz CT molecular complexity index is 407. The summed E-state index contributed by atoms with van der Waals surface area (Å²) in [5, 5.41) is 0. The highest BCUT2D eigenvalue weighted by Crippen LogP contribution is 2.21. The maximum Gasteiger partial charge on any atom is 0.410 e. The third-order valence-electron chi connectivity index (χ3n) is 3.01. The van der Waals surface area contributed by atoms with E-state index in [1.807, 2.05) is 6.92 Å². The van der Waals surface area contributed by atoms with Gasteiger partial charge in [0.1, 0.15) is 11.9 Å². The number of hydrogen-bond donors (Lipinski definition) is 1. The van der Waals surface area contributed by atoms with Crippen molar-refractivity contribution in [3.05, 3.63) is 35.6 Å². The second-order valence-electron chi connectivity index (χ2n) is 4.15. The molecule has 2 rings (SSSR count). The van der Waals surface area contributed by atoms with Crippen LogP contribution in [0.25, 0.3) is 0 Å². The van der Waals surface area contributed by atoms with Crippen molar-refractivity contribution in [1.29, 1.82) is 0 Å². The summed E-state index contributed by atoms with van der Waals surface area (Å²) in [7, 11) is 0. The Morgan fingerprint density at radius 2 is 2.06 bits per heavy atom. The van der Waals surface area contributed by atoms with Crippen molar-refractivity contribution in [3.63, 3.8) is 0 Å². The largest absolute Gasteiger partial charge is 0.443 e. The maximum atomic E-state index is 12.7. The van der Waals surface area contributed by atoms with Gasteiger partial charge in [0.15, 0.2) is 0 Å². The Labute approximate surface area is 99.2 Å². The normalized spacial score (nSPS) is 23.9. The number of ether oxygens (including phenoxy) is 1. The molecular formula is C12H15FN2O2. The summed E-state index contributed by atoms with van der Waals surface area (Å²) < 4.78 is 17.9. The number of halogens is 1. The Morgan fingerprint density at radius 3 is 2.59 bits per heavy atom. The van der Waals surface area contributed by atoms with E-state index >= 15 is 0 Å². The van der Waals surface area contributed by atoms with E-state index in [1.54, 1.807) is 17.0 Å². The number of cyclic esters (lactones) is 1. The Balaban J connectivity index is 2.08. The first kappa shape index (κ1) is 11.9. The number of benzene rings is 1. The summed E-state index contributed by atoms with van der Waals surface area (Å²) in [6.07, 6.45) is -0.625. The van der Waals surface area contributed by atoms with E-state index in [1.165, 1.54) is 12.1 Å². The lowest BCUT2D eigenvalue weighted by atomic mass is 10.1. The monoisotopic (exact) mass is 238 g/mol. The highest BCUT2D eigenvalue weighted by Gasteiger charge is 2.37. The molecule has 5 heteroatoms. The van der Waals surface area contributed by atoms with Crippen molar-refractivity contribution in [3.8, 4) is 0 Å². The van der Waals surface area contributed by atoms with Gasteiger partial charge in [-0.25, -0.2) is 9.18 Å². The molecule has 0 bridgehead atoms. The average molecular weight is 238 g/mol. The van der Waals surface area contributed by atoms with Crippen LogP contribution in [0.15, 0.2) is 24.3 Å². The Morgan fingerprint density at radius 1 is 1.41 bits per heavy atom. The molecule has 0 spiro atoms. The van der Waals surface area contributed by atoms with E-state index in [-0.39, 0.29) is 24.1 Å². The van der Waals surface area contributed by atoms with Crippen LogP contribution in [-0.4, -0.2) is 29.7 Å². The zero-order valence-electron chi connectivity index (χ0n) is 9.60. The summed E-state index contributed by atoms with van der Waals surface area (Å²) in [4.78, 5) is 13.2. The van der Waals surface area contributed by atoms with Gasteiger partial charge in [-0.05, 0) is 24.6 Å². The van der Waals surface area contributed by atoms with E-state index in [9.17, 15) is 9.18 Å². The highest BCUT2D eigenvalue weighted by molar-refractivity contribution is 5.70. The lowest BCUT2D eigenvalue weighted by Gasteiger charge is -2.20. The summed E-state index contributed by atoms with van der Waals surface area (Å²) in [5.74, 6) is -0.286. The quantitative estimate of drug-likeness (QED) is 0.868. The predicted octanol–water partition coefficient (Wildman–Crippen LogP) is 1.49. The van der Waals surface area contributed by atoms with Gasteiger partial charge >= 0.3 is 6.09 Å². The van der Waals surface area contributed by atoms with E-state index in [4.69, 9.17) is 10.5 Å². The van der Waals surface area contributed by atoms with Crippen LogP contribution >= 0.6 is 0 Å². The second kappa shape index (κ2) is 4.71. The van der Waals surface area contributed by atoms with Gasteiger partial charge < -0.3 is 10.5 Å². The van der Waals surface area contributed by atoms with Crippen LogP contribution < -0.4 is 5.73 Å². The van der Waals surface area contributed by atoms with Crippen molar-refractivity contribution in [2.75, 3.05) is 6.54 Å². The van der Waals surface area contributed by atoms with Crippen molar-refractivity contribution in [2.24, 2.45) is 5.73 Å². The SMILES string of the molecule is CC1C(CN)OC(=O)N1Cc1ccc(F)cc1. The summed E-state index contributed by atoms with van der Waals surface area (Å²) in [6.45, 7) is 2.62. The molecule has 2 N–H and O–H groups in total. The third-order valence-corrected chi connectivity index (χ3v) is 3.01. The van der Waals surface area contributed by atoms with Crippen LogP contribution in [0.1, 0.15) is 12.5 Å². The molecule has 0 aromatic heterocycles. The summed E-state index contributed by atoms with van der Waals surface area (Å²) >= 11 is 0. The number of carbonyl (C=O) groups is 1. The first-order chi connectivity index (χ1) is 8.11. The van der Waals surface area contributed by atoms with Gasteiger partial charge in [0.2, 0.25) is 0 Å². The molecule has 2 unspecified atom stereocenters. The van der Waals surface area contributed by atoms with Gasteiger partial charge in [-0.15, -0.1) is 0 Å². The van der Waals surface area contributed by atoms with Gasteiger partial charge in [0.05, 0.1) is 6.04 Å². The summed E-state index contributed by atoms with van der Waals surface area (Å²) in [5.41, 5.74) is 6.38. The minimum Gasteiger partial charge on any atom is -0.443 e. The number of carbonyl (C=O) groups excluding carboxylic acids is 1. The number of nitrogens with two attached hydrogens (primary N) is 1. The molecule has 1 aliphatic rings. The molecule has 1 fully saturated rings. The molecule has 1 heterocycles. The molecule has 1 amide bonds. The van der Waals surface area contributed by atoms with Gasteiger partial charge in [0, 0.05) is 13.1 Å². The molecule has 0 saturated carbocycles. The van der Waals surface area contributed by atoms with E-state index in [0.717, 1.165) is 5.56 Å². The highest BCUT2D eigenvalue weighted by atomic mass is 19.1. The fourth-order valence-corrected chi connectivity index (χ4v) is 1.90. The van der Waals surface area contributed by atoms with Crippen molar-refractivity contribution in [2.45, 2.75) is 25.6 Å². The fraction of sp³-hybridized carbons (Fsp3) is 0.417. The van der Waals surface area contributed by atoms with Crippen molar-refractivity contribution < 1.29 is 13.9 Å². The van der Waals surface area contributed by atoms with Gasteiger partial charge in [-0.3, -0.25) is 4.90 Å². The van der Waals surface area contributed by atoms with Gasteiger partial charge in [-0.1, -0.05) is 12.1 Å². The molecule has 1 aromatic rings. The summed E-state index contributed by atoms with van der Waals surface area (Å²) in [6, 6.07) is 6.01. The molecule has 1 saturated heterocycles. The van der Waals surface area contributed by atoms with E-state index < -0.39 is 0 Å². The fourth-order valence-electron chi connectivity index (χ4n) is 1.90. The van der Waals surface area contributed by atoms with Crippen LogP contribution in [0.3, 0.4) is 0 Å². The number of rotatable bonds is 3. The topological polar surface area (TPSA) is 55.6 Å². The number of nitrogens with zero attached hydrogens (tertiary/aromatic N) is 1. The molecule has 0 aliphatic carbocycles. The predicted molar refractivity (Wildman–Crippen MR) is 60.7 cm³/mol. The maximum absolute atomic E-state index is 12.7. The van der Waals surface area contributed by atoms with E-state index in [2.05, 4.69) is 0 Å². The van der Waals surface area contributed by atoms with Gasteiger partial charge in [-0.2, -0.15) is 0 Å². The molecule has 4 nitrogen and oxygen atoms in total. The molecule has 1 aliphatic heterocycles.